The minimum Gasteiger partial charge on any atom is -0.392 e. The largest absolute Gasteiger partial charge is 0.392 e. The molecule has 2 unspecified atom stereocenters. The van der Waals surface area contributed by atoms with E-state index in [0.29, 0.717) is 24.3 Å². The first-order chi connectivity index (χ1) is 11.6. The van der Waals surface area contributed by atoms with E-state index in [1.165, 1.54) is 6.42 Å². The maximum absolute atomic E-state index is 12.3. The molecule has 1 heterocycles. The first-order valence-corrected chi connectivity index (χ1v) is 8.75. The van der Waals surface area contributed by atoms with Gasteiger partial charge in [-0.05, 0) is 37.5 Å². The SMILES string of the molecule is Cl.O=C(Nc1cccc(NC(=O)C2CC(O)CN2)c1)C1CCCCC1. The minimum atomic E-state index is -0.470. The number of anilines is 2. The van der Waals surface area contributed by atoms with Gasteiger partial charge in [0.2, 0.25) is 11.8 Å². The zero-order chi connectivity index (χ0) is 16.9. The molecule has 0 bridgehead atoms. The molecule has 7 heteroatoms. The predicted octanol–water partition coefficient (Wildman–Crippen LogP) is 2.29. The molecule has 0 aromatic heterocycles. The Morgan fingerprint density at radius 3 is 2.28 bits per heavy atom. The van der Waals surface area contributed by atoms with Crippen molar-refractivity contribution in [2.75, 3.05) is 17.2 Å². The second kappa shape index (κ2) is 9.17. The molecule has 2 amide bonds. The number of β-amino-alcohol motifs (C(OH)–C–C–N with tert-alkyl or cyclic N) is 1. The lowest BCUT2D eigenvalue weighted by Crippen LogP contribution is -2.35. The van der Waals surface area contributed by atoms with Gasteiger partial charge in [0.05, 0.1) is 12.1 Å². The van der Waals surface area contributed by atoms with Gasteiger partial charge in [-0.25, -0.2) is 0 Å². The summed E-state index contributed by atoms with van der Waals surface area (Å²) < 4.78 is 0. The van der Waals surface area contributed by atoms with Crippen LogP contribution >= 0.6 is 12.4 Å². The second-order valence-electron chi connectivity index (χ2n) is 6.74. The summed E-state index contributed by atoms with van der Waals surface area (Å²) in [4.78, 5) is 24.5. The van der Waals surface area contributed by atoms with Gasteiger partial charge in [0.1, 0.15) is 0 Å². The lowest BCUT2D eigenvalue weighted by Gasteiger charge is -2.21. The summed E-state index contributed by atoms with van der Waals surface area (Å²) in [6.45, 7) is 0.440. The van der Waals surface area contributed by atoms with E-state index >= 15 is 0 Å². The average molecular weight is 368 g/mol. The Morgan fingerprint density at radius 1 is 1.04 bits per heavy atom. The summed E-state index contributed by atoms with van der Waals surface area (Å²) in [5.74, 6) is 0.00207. The number of aliphatic hydroxyl groups is 1. The van der Waals surface area contributed by atoms with Crippen LogP contribution in [-0.2, 0) is 9.59 Å². The number of nitrogens with one attached hydrogen (secondary N) is 3. The third kappa shape index (κ3) is 5.42. The van der Waals surface area contributed by atoms with Crippen LogP contribution in [0.25, 0.3) is 0 Å². The number of halogens is 1. The molecule has 138 valence electrons. The standard InChI is InChI=1S/C18H25N3O3.ClH/c22-15-10-16(19-11-15)18(24)21-14-8-4-7-13(9-14)20-17(23)12-5-2-1-3-6-12;/h4,7-9,12,15-16,19,22H,1-3,5-6,10-11H2,(H,20,23)(H,21,24);1H. The first kappa shape index (κ1) is 19.7. The van der Waals surface area contributed by atoms with Gasteiger partial charge >= 0.3 is 0 Å². The van der Waals surface area contributed by atoms with Crippen molar-refractivity contribution in [3.05, 3.63) is 24.3 Å². The van der Waals surface area contributed by atoms with Crippen molar-refractivity contribution in [1.82, 2.24) is 5.32 Å². The molecule has 0 spiro atoms. The van der Waals surface area contributed by atoms with Crippen LogP contribution in [0, 0.1) is 5.92 Å². The number of aliphatic hydroxyl groups excluding tert-OH is 1. The van der Waals surface area contributed by atoms with Gasteiger partial charge in [0.15, 0.2) is 0 Å². The Kier molecular flexibility index (Phi) is 7.23. The fourth-order valence-corrected chi connectivity index (χ4v) is 3.43. The lowest BCUT2D eigenvalue weighted by molar-refractivity contribution is -0.120. The van der Waals surface area contributed by atoms with Crippen LogP contribution in [0.5, 0.6) is 0 Å². The van der Waals surface area contributed by atoms with Crippen molar-refractivity contribution in [3.63, 3.8) is 0 Å². The Morgan fingerprint density at radius 2 is 1.68 bits per heavy atom. The predicted molar refractivity (Wildman–Crippen MR) is 99.9 cm³/mol. The number of carbonyl (C=O) groups excluding carboxylic acids is 2. The van der Waals surface area contributed by atoms with Crippen LogP contribution in [0.4, 0.5) is 11.4 Å². The molecular formula is C18H26ClN3O3. The van der Waals surface area contributed by atoms with E-state index in [0.717, 1.165) is 25.7 Å². The molecule has 1 aliphatic carbocycles. The molecule has 1 aromatic rings. The van der Waals surface area contributed by atoms with Crippen molar-refractivity contribution in [2.45, 2.75) is 50.7 Å². The van der Waals surface area contributed by atoms with E-state index in [1.807, 2.05) is 12.1 Å². The Labute approximate surface area is 154 Å². The van der Waals surface area contributed by atoms with Gasteiger partial charge in [0, 0.05) is 23.8 Å². The van der Waals surface area contributed by atoms with Crippen LogP contribution < -0.4 is 16.0 Å². The molecule has 1 aromatic carbocycles. The zero-order valence-electron chi connectivity index (χ0n) is 14.2. The second-order valence-corrected chi connectivity index (χ2v) is 6.74. The maximum Gasteiger partial charge on any atom is 0.241 e. The molecular weight excluding hydrogens is 342 g/mol. The van der Waals surface area contributed by atoms with E-state index in [2.05, 4.69) is 16.0 Å². The summed E-state index contributed by atoms with van der Waals surface area (Å²) >= 11 is 0. The summed E-state index contributed by atoms with van der Waals surface area (Å²) in [7, 11) is 0. The molecule has 2 atom stereocenters. The highest BCUT2D eigenvalue weighted by Crippen LogP contribution is 2.25. The number of carbonyl (C=O) groups is 2. The third-order valence-corrected chi connectivity index (χ3v) is 4.80. The molecule has 4 N–H and O–H groups in total. The van der Waals surface area contributed by atoms with E-state index in [1.54, 1.807) is 12.1 Å². The highest BCUT2D eigenvalue weighted by Gasteiger charge is 2.28. The highest BCUT2D eigenvalue weighted by atomic mass is 35.5. The van der Waals surface area contributed by atoms with Gasteiger partial charge < -0.3 is 21.1 Å². The van der Waals surface area contributed by atoms with Gasteiger partial charge in [0.25, 0.3) is 0 Å². The quantitative estimate of drug-likeness (QED) is 0.657. The van der Waals surface area contributed by atoms with Crippen molar-refractivity contribution in [3.8, 4) is 0 Å². The molecule has 1 saturated heterocycles. The topological polar surface area (TPSA) is 90.5 Å². The zero-order valence-corrected chi connectivity index (χ0v) is 15.0. The van der Waals surface area contributed by atoms with Crippen LogP contribution in [-0.4, -0.2) is 35.6 Å². The number of amides is 2. The van der Waals surface area contributed by atoms with E-state index in [4.69, 9.17) is 0 Å². The molecule has 2 aliphatic rings. The van der Waals surface area contributed by atoms with Crippen molar-refractivity contribution in [1.29, 1.82) is 0 Å². The van der Waals surface area contributed by atoms with Gasteiger partial charge in [-0.2, -0.15) is 0 Å². The molecule has 0 radical (unpaired) electrons. The summed E-state index contributed by atoms with van der Waals surface area (Å²) in [6.07, 6.45) is 5.32. The molecule has 3 rings (SSSR count). The molecule has 2 fully saturated rings. The van der Waals surface area contributed by atoms with Crippen molar-refractivity contribution in [2.24, 2.45) is 5.92 Å². The molecule has 1 aliphatic heterocycles. The summed E-state index contributed by atoms with van der Waals surface area (Å²) in [6, 6.07) is 6.82. The molecule has 1 saturated carbocycles. The number of hydrogen-bond acceptors (Lipinski definition) is 4. The average Bonchev–Trinajstić information content (AvgIpc) is 3.02. The van der Waals surface area contributed by atoms with Gasteiger partial charge in [-0.15, -0.1) is 12.4 Å². The molecule has 6 nitrogen and oxygen atoms in total. The first-order valence-electron chi connectivity index (χ1n) is 8.75. The minimum absolute atomic E-state index is 0. The summed E-state index contributed by atoms with van der Waals surface area (Å²) in [5, 5.41) is 18.3. The normalized spacial score (nSPS) is 23.6. The fourth-order valence-electron chi connectivity index (χ4n) is 3.43. The Hall–Kier alpha value is -1.63. The maximum atomic E-state index is 12.3. The fraction of sp³-hybridized carbons (Fsp3) is 0.556. The smallest absolute Gasteiger partial charge is 0.241 e. The monoisotopic (exact) mass is 367 g/mol. The van der Waals surface area contributed by atoms with Crippen molar-refractivity contribution >= 4 is 35.6 Å². The van der Waals surface area contributed by atoms with E-state index < -0.39 is 6.10 Å². The van der Waals surface area contributed by atoms with Gasteiger partial charge in [-0.1, -0.05) is 25.3 Å². The van der Waals surface area contributed by atoms with E-state index in [9.17, 15) is 14.7 Å². The van der Waals surface area contributed by atoms with Crippen LogP contribution in [0.1, 0.15) is 38.5 Å². The van der Waals surface area contributed by atoms with Gasteiger partial charge in [-0.3, -0.25) is 9.59 Å². The van der Waals surface area contributed by atoms with Crippen LogP contribution in [0.15, 0.2) is 24.3 Å². The van der Waals surface area contributed by atoms with Crippen LogP contribution in [0.2, 0.25) is 0 Å². The number of benzene rings is 1. The molecule has 25 heavy (non-hydrogen) atoms. The van der Waals surface area contributed by atoms with Crippen LogP contribution in [0.3, 0.4) is 0 Å². The number of hydrogen-bond donors (Lipinski definition) is 4. The Bertz CT molecular complexity index is 571. The van der Waals surface area contributed by atoms with E-state index in [-0.39, 0.29) is 36.2 Å². The Balaban J connectivity index is 0.00000225. The number of rotatable bonds is 4. The summed E-state index contributed by atoms with van der Waals surface area (Å²) in [5.41, 5.74) is 1.34. The lowest BCUT2D eigenvalue weighted by atomic mass is 9.88. The third-order valence-electron chi connectivity index (χ3n) is 4.80. The van der Waals surface area contributed by atoms with Crippen molar-refractivity contribution < 1.29 is 14.7 Å². The highest BCUT2D eigenvalue weighted by molar-refractivity contribution is 5.97.